The monoisotopic (exact) mass is 249 g/mol. The summed E-state index contributed by atoms with van der Waals surface area (Å²) in [7, 11) is 1.97. The highest BCUT2D eigenvalue weighted by Crippen LogP contribution is 2.30. The van der Waals surface area contributed by atoms with Gasteiger partial charge in [0.2, 0.25) is 6.67 Å². The first-order chi connectivity index (χ1) is 9.34. The minimum Gasteiger partial charge on any atom is -0.349 e. The molecule has 0 saturated heterocycles. The van der Waals surface area contributed by atoms with Crippen molar-refractivity contribution in [1.82, 2.24) is 14.8 Å². The Morgan fingerprint density at radius 3 is 2.42 bits per heavy atom. The molecule has 1 atom stereocenters. The zero-order valence-corrected chi connectivity index (χ0v) is 10.8. The lowest BCUT2D eigenvalue weighted by molar-refractivity contribution is 0.327. The van der Waals surface area contributed by atoms with E-state index in [1.54, 1.807) is 0 Å². The van der Waals surface area contributed by atoms with Crippen LogP contribution in [0.15, 0.2) is 67.1 Å². The summed E-state index contributed by atoms with van der Waals surface area (Å²) in [5.74, 6) is 0. The van der Waals surface area contributed by atoms with E-state index in [0.717, 1.165) is 5.69 Å². The van der Waals surface area contributed by atoms with Crippen LogP contribution in [-0.2, 0) is 0 Å². The molecule has 94 valence electrons. The second-order valence-corrected chi connectivity index (χ2v) is 4.48. The van der Waals surface area contributed by atoms with Gasteiger partial charge in [-0.1, -0.05) is 36.4 Å². The van der Waals surface area contributed by atoms with Gasteiger partial charge in [0.1, 0.15) is 0 Å². The normalized spacial score (nSPS) is 15.8. The molecule has 2 heterocycles. The SMILES string of the molecule is CN1[C]N(C(c2ccccc2)c2ccccn2)C=C1. The van der Waals surface area contributed by atoms with Crippen molar-refractivity contribution in [2.24, 2.45) is 0 Å². The molecule has 0 N–H and O–H groups in total. The van der Waals surface area contributed by atoms with Crippen LogP contribution in [0.1, 0.15) is 17.3 Å². The fourth-order valence-corrected chi connectivity index (χ4v) is 2.21. The van der Waals surface area contributed by atoms with Crippen LogP contribution in [0.3, 0.4) is 0 Å². The number of hydrogen-bond donors (Lipinski definition) is 0. The second kappa shape index (κ2) is 5.14. The molecule has 2 aromatic rings. The van der Waals surface area contributed by atoms with E-state index in [2.05, 4.69) is 40.8 Å². The van der Waals surface area contributed by atoms with E-state index in [-0.39, 0.29) is 6.04 Å². The highest BCUT2D eigenvalue weighted by atomic mass is 15.3. The lowest BCUT2D eigenvalue weighted by Gasteiger charge is -2.27. The van der Waals surface area contributed by atoms with Crippen LogP contribution >= 0.6 is 0 Å². The summed E-state index contributed by atoms with van der Waals surface area (Å²) >= 11 is 0. The molecule has 19 heavy (non-hydrogen) atoms. The topological polar surface area (TPSA) is 19.4 Å². The van der Waals surface area contributed by atoms with Gasteiger partial charge in [-0.25, -0.2) is 0 Å². The van der Waals surface area contributed by atoms with E-state index >= 15 is 0 Å². The first kappa shape index (κ1) is 11.8. The Morgan fingerprint density at radius 1 is 1.00 bits per heavy atom. The molecule has 3 nitrogen and oxygen atoms in total. The predicted molar refractivity (Wildman–Crippen MR) is 74.5 cm³/mol. The summed E-state index contributed by atoms with van der Waals surface area (Å²) in [6.07, 6.45) is 5.83. The largest absolute Gasteiger partial charge is 0.349 e. The Hall–Kier alpha value is -2.29. The van der Waals surface area contributed by atoms with Crippen LogP contribution in [0.4, 0.5) is 0 Å². The Bertz CT molecular complexity index is 511. The number of rotatable bonds is 3. The zero-order valence-electron chi connectivity index (χ0n) is 10.8. The molecule has 0 fully saturated rings. The van der Waals surface area contributed by atoms with Gasteiger partial charge >= 0.3 is 0 Å². The summed E-state index contributed by atoms with van der Waals surface area (Å²) in [6, 6.07) is 16.4. The van der Waals surface area contributed by atoms with Gasteiger partial charge in [-0.15, -0.1) is 0 Å². The van der Waals surface area contributed by atoms with Gasteiger partial charge in [0.05, 0.1) is 11.7 Å². The van der Waals surface area contributed by atoms with Crippen LogP contribution < -0.4 is 0 Å². The summed E-state index contributed by atoms with van der Waals surface area (Å²) in [4.78, 5) is 8.46. The number of hydrogen-bond acceptors (Lipinski definition) is 3. The van der Waals surface area contributed by atoms with Gasteiger partial charge in [-0.2, -0.15) is 0 Å². The van der Waals surface area contributed by atoms with Crippen molar-refractivity contribution in [3.05, 3.63) is 85.1 Å². The highest BCUT2D eigenvalue weighted by molar-refractivity contribution is 5.29. The molecule has 0 saturated carbocycles. The summed E-state index contributed by atoms with van der Waals surface area (Å²) in [6.45, 7) is 3.27. The van der Waals surface area contributed by atoms with Crippen LogP contribution in [0.25, 0.3) is 0 Å². The molecule has 1 unspecified atom stereocenters. The van der Waals surface area contributed by atoms with E-state index in [1.165, 1.54) is 5.56 Å². The molecule has 1 aromatic heterocycles. The third-order valence-corrected chi connectivity index (χ3v) is 3.09. The maximum absolute atomic E-state index is 4.49. The van der Waals surface area contributed by atoms with E-state index in [4.69, 9.17) is 0 Å². The predicted octanol–water partition coefficient (Wildman–Crippen LogP) is 2.89. The molecule has 1 aliphatic rings. The summed E-state index contributed by atoms with van der Waals surface area (Å²) < 4.78 is 0. The highest BCUT2D eigenvalue weighted by Gasteiger charge is 2.25. The van der Waals surface area contributed by atoms with Crippen LogP contribution in [0.5, 0.6) is 0 Å². The van der Waals surface area contributed by atoms with Crippen molar-refractivity contribution < 1.29 is 0 Å². The van der Waals surface area contributed by atoms with Gasteiger partial charge < -0.3 is 9.80 Å². The maximum atomic E-state index is 4.49. The zero-order chi connectivity index (χ0) is 13.1. The summed E-state index contributed by atoms with van der Waals surface area (Å²) in [5, 5.41) is 0. The molecular formula is C16H15N3. The van der Waals surface area contributed by atoms with Crippen molar-refractivity contribution >= 4 is 0 Å². The Labute approximate surface area is 113 Å². The van der Waals surface area contributed by atoms with Crippen molar-refractivity contribution in [1.29, 1.82) is 0 Å². The fraction of sp³-hybridized carbons (Fsp3) is 0.125. The number of nitrogens with zero attached hydrogens (tertiary/aromatic N) is 3. The second-order valence-electron chi connectivity index (χ2n) is 4.48. The van der Waals surface area contributed by atoms with Gasteiger partial charge in [0.25, 0.3) is 0 Å². The smallest absolute Gasteiger partial charge is 0.208 e. The van der Waals surface area contributed by atoms with Crippen molar-refractivity contribution in [3.8, 4) is 0 Å². The Morgan fingerprint density at radius 2 is 1.79 bits per heavy atom. The van der Waals surface area contributed by atoms with Gasteiger partial charge in [-0.3, -0.25) is 4.98 Å². The maximum Gasteiger partial charge on any atom is 0.208 e. The average Bonchev–Trinajstić information content (AvgIpc) is 2.88. The summed E-state index contributed by atoms with van der Waals surface area (Å²) in [5.41, 5.74) is 2.22. The minimum absolute atomic E-state index is 0.0589. The molecule has 1 aliphatic heterocycles. The van der Waals surface area contributed by atoms with E-state index < -0.39 is 0 Å². The fourth-order valence-electron chi connectivity index (χ4n) is 2.21. The minimum atomic E-state index is 0.0589. The van der Waals surface area contributed by atoms with Gasteiger partial charge in [-0.05, 0) is 17.7 Å². The molecule has 0 bridgehead atoms. The Balaban J connectivity index is 1.99. The molecular weight excluding hydrogens is 234 g/mol. The number of pyridine rings is 1. The number of benzene rings is 1. The molecule has 0 spiro atoms. The lowest BCUT2D eigenvalue weighted by Crippen LogP contribution is -2.24. The third kappa shape index (κ3) is 2.45. The average molecular weight is 249 g/mol. The van der Waals surface area contributed by atoms with Crippen LogP contribution in [0, 0.1) is 6.67 Å². The van der Waals surface area contributed by atoms with Crippen LogP contribution in [-0.4, -0.2) is 21.8 Å². The van der Waals surface area contributed by atoms with Gasteiger partial charge in [0, 0.05) is 25.6 Å². The van der Waals surface area contributed by atoms with Crippen LogP contribution in [0.2, 0.25) is 0 Å². The van der Waals surface area contributed by atoms with Gasteiger partial charge in [0.15, 0.2) is 0 Å². The van der Waals surface area contributed by atoms with Crippen molar-refractivity contribution in [2.45, 2.75) is 6.04 Å². The molecule has 1 aromatic carbocycles. The molecule has 3 heteroatoms. The van der Waals surface area contributed by atoms with E-state index in [0.29, 0.717) is 0 Å². The lowest BCUT2D eigenvalue weighted by atomic mass is 10.0. The first-order valence-electron chi connectivity index (χ1n) is 6.26. The third-order valence-electron chi connectivity index (χ3n) is 3.09. The van der Waals surface area contributed by atoms with E-state index in [1.807, 2.05) is 54.8 Å². The quantitative estimate of drug-likeness (QED) is 0.833. The van der Waals surface area contributed by atoms with Crippen molar-refractivity contribution in [2.75, 3.05) is 7.05 Å². The van der Waals surface area contributed by atoms with E-state index in [9.17, 15) is 0 Å². The first-order valence-corrected chi connectivity index (χ1v) is 6.26. The van der Waals surface area contributed by atoms with Crippen molar-refractivity contribution in [3.63, 3.8) is 0 Å². The standard InChI is InChI=1S/C16H15N3/c1-18-11-12-19(13-18)16(14-7-3-2-4-8-14)15-9-5-6-10-17-15/h2-12,16H,1H3. The molecule has 0 amide bonds. The number of aromatic nitrogens is 1. The molecule has 3 rings (SSSR count). The Kier molecular flexibility index (Phi) is 3.19. The molecule has 2 radical (unpaired) electrons. The molecule has 0 aliphatic carbocycles.